The van der Waals surface area contributed by atoms with E-state index in [1.165, 1.54) is 12.1 Å². The minimum absolute atomic E-state index is 0.116. The van der Waals surface area contributed by atoms with E-state index in [2.05, 4.69) is 0 Å². The van der Waals surface area contributed by atoms with Crippen molar-refractivity contribution in [2.45, 2.75) is 32.6 Å². The van der Waals surface area contributed by atoms with Crippen LogP contribution in [-0.4, -0.2) is 19.2 Å². The molecule has 0 heterocycles. The first kappa shape index (κ1) is 12.9. The molecule has 1 aromatic rings. The predicted octanol–water partition coefficient (Wildman–Crippen LogP) is 3.28. The van der Waals surface area contributed by atoms with Gasteiger partial charge < -0.3 is 9.47 Å². The fourth-order valence-electron chi connectivity index (χ4n) is 1.95. The van der Waals surface area contributed by atoms with E-state index < -0.39 is 11.8 Å². The number of benzene rings is 1. The normalized spacial score (nSPS) is 14.4. The third-order valence-corrected chi connectivity index (χ3v) is 2.92. The van der Waals surface area contributed by atoms with Crippen molar-refractivity contribution in [1.82, 2.24) is 0 Å². The number of hydrogen-bond acceptors (Lipinski definition) is 3. The number of ether oxygens (including phenoxy) is 2. The third-order valence-electron chi connectivity index (χ3n) is 2.92. The first-order valence-electron chi connectivity index (χ1n) is 6.30. The van der Waals surface area contributed by atoms with Gasteiger partial charge in [0.1, 0.15) is 0 Å². The maximum absolute atomic E-state index is 13.8. The molecule has 2 rings (SSSR count). The van der Waals surface area contributed by atoms with Gasteiger partial charge in [-0.1, -0.05) is 0 Å². The molecule has 1 saturated carbocycles. The molecule has 0 bridgehead atoms. The van der Waals surface area contributed by atoms with Gasteiger partial charge in [-0.2, -0.15) is 0 Å². The van der Waals surface area contributed by atoms with Crippen LogP contribution >= 0.6 is 0 Å². The Labute approximate surface area is 106 Å². The SMILES string of the molecule is CCOC(=O)c1cc(OCC)c(F)cc1C1CC1. The van der Waals surface area contributed by atoms with E-state index in [4.69, 9.17) is 9.47 Å². The van der Waals surface area contributed by atoms with Gasteiger partial charge in [0.15, 0.2) is 11.6 Å². The monoisotopic (exact) mass is 252 g/mol. The highest BCUT2D eigenvalue weighted by atomic mass is 19.1. The van der Waals surface area contributed by atoms with E-state index in [1.807, 2.05) is 0 Å². The summed E-state index contributed by atoms with van der Waals surface area (Å²) < 4.78 is 24.0. The van der Waals surface area contributed by atoms with Crippen LogP contribution in [0.4, 0.5) is 4.39 Å². The van der Waals surface area contributed by atoms with Gasteiger partial charge in [0.2, 0.25) is 0 Å². The standard InChI is InChI=1S/C14H17FO3/c1-3-17-13-8-11(14(16)18-4-2)10(7-12(13)15)9-5-6-9/h7-9H,3-6H2,1-2H3. The fraction of sp³-hybridized carbons (Fsp3) is 0.500. The lowest BCUT2D eigenvalue weighted by atomic mass is 10.0. The lowest BCUT2D eigenvalue weighted by molar-refractivity contribution is 0.0524. The van der Waals surface area contributed by atoms with Crippen molar-refractivity contribution in [2.75, 3.05) is 13.2 Å². The van der Waals surface area contributed by atoms with Gasteiger partial charge in [0.05, 0.1) is 18.8 Å². The van der Waals surface area contributed by atoms with Crippen LogP contribution < -0.4 is 4.74 Å². The third kappa shape index (κ3) is 2.63. The second kappa shape index (κ2) is 5.38. The van der Waals surface area contributed by atoms with Gasteiger partial charge in [-0.25, -0.2) is 9.18 Å². The Morgan fingerprint density at radius 3 is 2.61 bits per heavy atom. The molecule has 0 unspecified atom stereocenters. The molecule has 98 valence electrons. The van der Waals surface area contributed by atoms with Crippen LogP contribution in [0.3, 0.4) is 0 Å². The molecule has 1 aliphatic carbocycles. The van der Waals surface area contributed by atoms with E-state index >= 15 is 0 Å². The molecular weight excluding hydrogens is 235 g/mol. The highest BCUT2D eigenvalue weighted by Crippen LogP contribution is 2.43. The van der Waals surface area contributed by atoms with Crippen LogP contribution in [0.2, 0.25) is 0 Å². The van der Waals surface area contributed by atoms with Crippen LogP contribution in [0.5, 0.6) is 5.75 Å². The summed E-state index contributed by atoms with van der Waals surface area (Å²) in [5.74, 6) is -0.410. The van der Waals surface area contributed by atoms with Crippen molar-refractivity contribution in [3.8, 4) is 5.75 Å². The van der Waals surface area contributed by atoms with Crippen LogP contribution in [0.25, 0.3) is 0 Å². The molecule has 0 aliphatic heterocycles. The highest BCUT2D eigenvalue weighted by molar-refractivity contribution is 5.92. The van der Waals surface area contributed by atoms with Gasteiger partial charge >= 0.3 is 5.97 Å². The Balaban J connectivity index is 2.39. The average molecular weight is 252 g/mol. The topological polar surface area (TPSA) is 35.5 Å². The maximum atomic E-state index is 13.8. The number of carbonyl (C=O) groups excluding carboxylic acids is 1. The number of carbonyl (C=O) groups is 1. The summed E-state index contributed by atoms with van der Waals surface area (Å²) in [5.41, 5.74) is 1.18. The largest absolute Gasteiger partial charge is 0.491 e. The summed E-state index contributed by atoms with van der Waals surface area (Å²) in [5, 5.41) is 0. The van der Waals surface area contributed by atoms with E-state index in [0.29, 0.717) is 18.8 Å². The zero-order valence-corrected chi connectivity index (χ0v) is 10.7. The molecule has 1 fully saturated rings. The highest BCUT2D eigenvalue weighted by Gasteiger charge is 2.30. The van der Waals surface area contributed by atoms with Crippen molar-refractivity contribution >= 4 is 5.97 Å². The Morgan fingerprint density at radius 2 is 2.06 bits per heavy atom. The molecule has 0 N–H and O–H groups in total. The van der Waals surface area contributed by atoms with Crippen molar-refractivity contribution < 1.29 is 18.7 Å². The second-order valence-corrected chi connectivity index (χ2v) is 4.30. The lowest BCUT2D eigenvalue weighted by Gasteiger charge is -2.12. The van der Waals surface area contributed by atoms with Crippen molar-refractivity contribution in [2.24, 2.45) is 0 Å². The summed E-state index contributed by atoms with van der Waals surface area (Å²) in [6.07, 6.45) is 2.00. The first-order chi connectivity index (χ1) is 8.67. The van der Waals surface area contributed by atoms with Crippen LogP contribution in [0, 0.1) is 5.82 Å². The van der Waals surface area contributed by atoms with Crippen molar-refractivity contribution in [1.29, 1.82) is 0 Å². The summed E-state index contributed by atoms with van der Waals surface area (Å²) >= 11 is 0. The summed E-state index contributed by atoms with van der Waals surface area (Å²) in [6, 6.07) is 2.87. The van der Waals surface area contributed by atoms with E-state index in [1.54, 1.807) is 13.8 Å². The first-order valence-corrected chi connectivity index (χ1v) is 6.30. The van der Waals surface area contributed by atoms with Gasteiger partial charge in [0, 0.05) is 0 Å². The van der Waals surface area contributed by atoms with E-state index in [0.717, 1.165) is 18.4 Å². The molecule has 3 nitrogen and oxygen atoms in total. The molecule has 1 aromatic carbocycles. The summed E-state index contributed by atoms with van der Waals surface area (Å²) in [7, 11) is 0. The Hall–Kier alpha value is -1.58. The zero-order valence-electron chi connectivity index (χ0n) is 10.7. The summed E-state index contributed by atoms with van der Waals surface area (Å²) in [6.45, 7) is 4.20. The van der Waals surface area contributed by atoms with E-state index in [9.17, 15) is 9.18 Å². The molecule has 18 heavy (non-hydrogen) atoms. The molecule has 0 spiro atoms. The van der Waals surface area contributed by atoms with Crippen molar-refractivity contribution in [3.63, 3.8) is 0 Å². The molecule has 0 amide bonds. The molecule has 0 atom stereocenters. The molecule has 1 aliphatic rings. The molecule has 4 heteroatoms. The second-order valence-electron chi connectivity index (χ2n) is 4.30. The van der Waals surface area contributed by atoms with E-state index in [-0.39, 0.29) is 11.7 Å². The lowest BCUT2D eigenvalue weighted by Crippen LogP contribution is -2.09. The molecular formula is C14H17FO3. The molecule has 0 radical (unpaired) electrons. The number of halogens is 1. The smallest absolute Gasteiger partial charge is 0.338 e. The minimum atomic E-state index is -0.410. The maximum Gasteiger partial charge on any atom is 0.338 e. The van der Waals surface area contributed by atoms with Crippen LogP contribution in [-0.2, 0) is 4.74 Å². The van der Waals surface area contributed by atoms with Gasteiger partial charge in [-0.05, 0) is 50.3 Å². The quantitative estimate of drug-likeness (QED) is 0.754. The van der Waals surface area contributed by atoms with Crippen molar-refractivity contribution in [3.05, 3.63) is 29.1 Å². The Morgan fingerprint density at radius 1 is 1.33 bits per heavy atom. The number of hydrogen-bond donors (Lipinski definition) is 0. The Kier molecular flexibility index (Phi) is 3.84. The minimum Gasteiger partial charge on any atom is -0.491 e. The van der Waals surface area contributed by atoms with Gasteiger partial charge in [0.25, 0.3) is 0 Å². The fourth-order valence-corrected chi connectivity index (χ4v) is 1.95. The number of esters is 1. The van der Waals surface area contributed by atoms with Crippen LogP contribution in [0.15, 0.2) is 12.1 Å². The Bertz CT molecular complexity index is 453. The molecule has 0 saturated heterocycles. The number of rotatable bonds is 5. The zero-order chi connectivity index (χ0) is 13.1. The van der Waals surface area contributed by atoms with Crippen LogP contribution in [0.1, 0.15) is 48.5 Å². The predicted molar refractivity (Wildman–Crippen MR) is 65.5 cm³/mol. The molecule has 0 aromatic heterocycles. The summed E-state index contributed by atoms with van der Waals surface area (Å²) in [4.78, 5) is 11.9. The van der Waals surface area contributed by atoms with Gasteiger partial charge in [-0.3, -0.25) is 0 Å². The van der Waals surface area contributed by atoms with Gasteiger partial charge in [-0.15, -0.1) is 0 Å². The average Bonchev–Trinajstić information content (AvgIpc) is 3.16.